The van der Waals surface area contributed by atoms with Gasteiger partial charge in [0.25, 0.3) is 0 Å². The van der Waals surface area contributed by atoms with E-state index in [0.717, 1.165) is 38.2 Å². The van der Waals surface area contributed by atoms with Crippen LogP contribution in [0.3, 0.4) is 0 Å². The molecule has 132 valence electrons. The van der Waals surface area contributed by atoms with Gasteiger partial charge in [-0.3, -0.25) is 14.5 Å². The predicted octanol–water partition coefficient (Wildman–Crippen LogP) is 2.57. The summed E-state index contributed by atoms with van der Waals surface area (Å²) in [6.45, 7) is 4.27. The van der Waals surface area contributed by atoms with Crippen molar-refractivity contribution in [1.29, 1.82) is 0 Å². The van der Waals surface area contributed by atoms with Crippen molar-refractivity contribution in [3.05, 3.63) is 30.3 Å². The summed E-state index contributed by atoms with van der Waals surface area (Å²) >= 11 is 1.71. The molecule has 5 nitrogen and oxygen atoms in total. The van der Waals surface area contributed by atoms with E-state index in [0.29, 0.717) is 6.42 Å². The molecule has 0 radical (unpaired) electrons. The molecule has 1 heterocycles. The number of likely N-dealkylation sites (tertiary alicyclic amines) is 1. The van der Waals surface area contributed by atoms with E-state index < -0.39 is 5.97 Å². The van der Waals surface area contributed by atoms with Crippen LogP contribution in [0.1, 0.15) is 26.2 Å². The topological polar surface area (TPSA) is 60.9 Å². The molecule has 1 aromatic carbocycles. The number of amides is 1. The van der Waals surface area contributed by atoms with Crippen LogP contribution in [0.15, 0.2) is 35.2 Å². The summed E-state index contributed by atoms with van der Waals surface area (Å²) in [6.07, 6.45) is 2.27. The lowest BCUT2D eigenvalue weighted by atomic mass is 10.0. The van der Waals surface area contributed by atoms with Gasteiger partial charge in [-0.1, -0.05) is 25.1 Å². The second-order valence-electron chi connectivity index (χ2n) is 5.98. The number of likely N-dealkylation sites (N-methyl/N-ethyl adjacent to an activating group) is 1. The lowest BCUT2D eigenvalue weighted by molar-refractivity contribution is -0.140. The van der Waals surface area contributed by atoms with Gasteiger partial charge in [0, 0.05) is 36.2 Å². The van der Waals surface area contributed by atoms with Gasteiger partial charge in [0.2, 0.25) is 5.91 Å². The van der Waals surface area contributed by atoms with E-state index in [1.165, 1.54) is 4.90 Å². The minimum atomic E-state index is -0.784. The highest BCUT2D eigenvalue weighted by Crippen LogP contribution is 2.20. The van der Waals surface area contributed by atoms with E-state index in [9.17, 15) is 9.59 Å². The molecule has 1 N–H and O–H groups in total. The second kappa shape index (κ2) is 9.69. The molecule has 0 atom stereocenters. The lowest BCUT2D eigenvalue weighted by Gasteiger charge is -2.37. The van der Waals surface area contributed by atoms with Gasteiger partial charge in [-0.25, -0.2) is 0 Å². The summed E-state index contributed by atoms with van der Waals surface area (Å²) in [7, 11) is 0. The van der Waals surface area contributed by atoms with Crippen LogP contribution in [0.25, 0.3) is 0 Å². The Bertz CT molecular complexity index is 530. The molecular weight excluding hydrogens is 324 g/mol. The van der Waals surface area contributed by atoms with Crippen molar-refractivity contribution in [3.8, 4) is 0 Å². The average Bonchev–Trinajstić information content (AvgIpc) is 2.60. The van der Waals surface area contributed by atoms with E-state index in [-0.39, 0.29) is 18.5 Å². The second-order valence-corrected chi connectivity index (χ2v) is 7.15. The Kier molecular flexibility index (Phi) is 7.59. The zero-order chi connectivity index (χ0) is 17.4. The van der Waals surface area contributed by atoms with Crippen LogP contribution in [0.4, 0.5) is 0 Å². The first-order valence-corrected chi connectivity index (χ1v) is 9.50. The number of carbonyl (C=O) groups excluding carboxylic acids is 1. The zero-order valence-electron chi connectivity index (χ0n) is 14.2. The maximum Gasteiger partial charge on any atom is 0.317 e. The highest BCUT2D eigenvalue weighted by Gasteiger charge is 2.26. The van der Waals surface area contributed by atoms with Crippen molar-refractivity contribution in [2.45, 2.75) is 37.1 Å². The summed E-state index contributed by atoms with van der Waals surface area (Å²) in [5.74, 6) is 0.217. The summed E-state index contributed by atoms with van der Waals surface area (Å²) in [5.41, 5.74) is 0. The minimum Gasteiger partial charge on any atom is -0.480 e. The van der Waals surface area contributed by atoms with Gasteiger partial charge in [-0.2, -0.15) is 0 Å². The molecule has 0 spiro atoms. The largest absolute Gasteiger partial charge is 0.480 e. The van der Waals surface area contributed by atoms with E-state index in [2.05, 4.69) is 12.1 Å². The van der Waals surface area contributed by atoms with Crippen molar-refractivity contribution in [2.75, 3.05) is 31.9 Å². The molecule has 1 saturated heterocycles. The standard InChI is InChI=1S/C18H26N2O3S/c1-2-19(14-18(22)23)15-8-11-20(12-9-15)17(21)10-13-24-16-6-4-3-5-7-16/h3-7,15H,2,8-14H2,1H3,(H,22,23). The Hall–Kier alpha value is -1.53. The highest BCUT2D eigenvalue weighted by atomic mass is 32.2. The number of carbonyl (C=O) groups is 2. The smallest absolute Gasteiger partial charge is 0.317 e. The summed E-state index contributed by atoms with van der Waals surface area (Å²) in [5, 5.41) is 8.97. The third-order valence-corrected chi connectivity index (χ3v) is 5.42. The fourth-order valence-electron chi connectivity index (χ4n) is 3.08. The third-order valence-electron chi connectivity index (χ3n) is 4.41. The van der Waals surface area contributed by atoms with Gasteiger partial charge in [0.1, 0.15) is 0 Å². The predicted molar refractivity (Wildman–Crippen MR) is 96.3 cm³/mol. The number of nitrogens with zero attached hydrogens (tertiary/aromatic N) is 2. The summed E-state index contributed by atoms with van der Waals surface area (Å²) in [4.78, 5) is 28.3. The van der Waals surface area contributed by atoms with E-state index in [1.807, 2.05) is 34.9 Å². The van der Waals surface area contributed by atoms with Crippen LogP contribution in [0, 0.1) is 0 Å². The third kappa shape index (κ3) is 5.83. The van der Waals surface area contributed by atoms with E-state index >= 15 is 0 Å². The van der Waals surface area contributed by atoms with Gasteiger partial charge in [-0.05, 0) is 31.5 Å². The van der Waals surface area contributed by atoms with Crippen molar-refractivity contribution in [2.24, 2.45) is 0 Å². The molecule has 1 fully saturated rings. The van der Waals surface area contributed by atoms with E-state index in [4.69, 9.17) is 5.11 Å². The molecule has 1 aliphatic heterocycles. The summed E-state index contributed by atoms with van der Waals surface area (Å²) < 4.78 is 0. The molecule has 24 heavy (non-hydrogen) atoms. The van der Waals surface area contributed by atoms with Crippen LogP contribution < -0.4 is 0 Å². The van der Waals surface area contributed by atoms with Crippen LogP contribution in [-0.4, -0.2) is 64.8 Å². The quantitative estimate of drug-likeness (QED) is 0.730. The van der Waals surface area contributed by atoms with Gasteiger partial charge in [0.15, 0.2) is 0 Å². The van der Waals surface area contributed by atoms with Crippen LogP contribution in [0.5, 0.6) is 0 Å². The van der Waals surface area contributed by atoms with Gasteiger partial charge >= 0.3 is 5.97 Å². The summed E-state index contributed by atoms with van der Waals surface area (Å²) in [6, 6.07) is 10.4. The molecule has 0 unspecified atom stereocenters. The zero-order valence-corrected chi connectivity index (χ0v) is 15.0. The molecule has 0 aliphatic carbocycles. The van der Waals surface area contributed by atoms with Gasteiger partial charge in [0.05, 0.1) is 6.54 Å². The maximum atomic E-state index is 12.3. The normalized spacial score (nSPS) is 15.7. The Morgan fingerprint density at radius 1 is 1.25 bits per heavy atom. The SMILES string of the molecule is CCN(CC(=O)O)C1CCN(C(=O)CCSc2ccccc2)CC1. The van der Waals surface area contributed by atoms with Crippen LogP contribution in [0.2, 0.25) is 0 Å². The maximum absolute atomic E-state index is 12.3. The number of piperidine rings is 1. The number of thioether (sulfide) groups is 1. The fraction of sp³-hybridized carbons (Fsp3) is 0.556. The van der Waals surface area contributed by atoms with Crippen LogP contribution in [-0.2, 0) is 9.59 Å². The first-order chi connectivity index (χ1) is 11.6. The Balaban J connectivity index is 1.71. The fourth-order valence-corrected chi connectivity index (χ4v) is 3.95. The molecule has 1 aliphatic rings. The van der Waals surface area contributed by atoms with Crippen molar-refractivity contribution in [3.63, 3.8) is 0 Å². The van der Waals surface area contributed by atoms with Crippen molar-refractivity contribution >= 4 is 23.6 Å². The molecule has 0 saturated carbocycles. The highest BCUT2D eigenvalue weighted by molar-refractivity contribution is 7.99. The first-order valence-electron chi connectivity index (χ1n) is 8.51. The van der Waals surface area contributed by atoms with Gasteiger partial charge in [-0.15, -0.1) is 11.8 Å². The number of benzene rings is 1. The molecule has 6 heteroatoms. The average molecular weight is 350 g/mol. The Labute approximate surface area is 148 Å². The number of carboxylic acids is 1. The number of hydrogen-bond acceptors (Lipinski definition) is 4. The molecule has 2 rings (SSSR count). The molecule has 1 aromatic rings. The van der Waals surface area contributed by atoms with Gasteiger partial charge < -0.3 is 10.0 Å². The van der Waals surface area contributed by atoms with Crippen LogP contribution >= 0.6 is 11.8 Å². The molecular formula is C18H26N2O3S. The lowest BCUT2D eigenvalue weighted by Crippen LogP contribution is -2.48. The number of hydrogen-bond donors (Lipinski definition) is 1. The number of aliphatic carboxylic acids is 1. The molecule has 0 aromatic heterocycles. The monoisotopic (exact) mass is 350 g/mol. The minimum absolute atomic E-state index is 0.0861. The van der Waals surface area contributed by atoms with E-state index in [1.54, 1.807) is 11.8 Å². The Morgan fingerprint density at radius 2 is 1.92 bits per heavy atom. The molecule has 0 bridgehead atoms. The number of rotatable bonds is 8. The number of carboxylic acid groups (broad SMARTS) is 1. The van der Waals surface area contributed by atoms with Crippen molar-refractivity contribution < 1.29 is 14.7 Å². The van der Waals surface area contributed by atoms with Crippen molar-refractivity contribution in [1.82, 2.24) is 9.80 Å². The Morgan fingerprint density at radius 3 is 2.50 bits per heavy atom. The first kappa shape index (κ1) is 18.8. The molecule has 1 amide bonds.